The van der Waals surface area contributed by atoms with Crippen LogP contribution in [0.15, 0.2) is 12.1 Å². The number of benzene rings is 1. The molecular weight excluding hydrogens is 190 g/mol. The molecule has 1 fully saturated rings. The minimum atomic E-state index is -0.673. The van der Waals surface area contributed by atoms with Gasteiger partial charge < -0.3 is 10.4 Å². The SMILES string of the molecule is Cc1cc2c(c(C3(O)CC3)c1)NC(=O)C2. The lowest BCUT2D eigenvalue weighted by atomic mass is 9.98. The van der Waals surface area contributed by atoms with E-state index in [2.05, 4.69) is 5.32 Å². The number of aliphatic hydroxyl groups is 1. The summed E-state index contributed by atoms with van der Waals surface area (Å²) in [5.74, 6) is 0.0288. The van der Waals surface area contributed by atoms with Gasteiger partial charge in [0.25, 0.3) is 0 Å². The number of amides is 1. The summed E-state index contributed by atoms with van der Waals surface area (Å²) in [4.78, 5) is 11.3. The van der Waals surface area contributed by atoms with E-state index in [1.54, 1.807) is 0 Å². The average molecular weight is 203 g/mol. The zero-order valence-electron chi connectivity index (χ0n) is 8.63. The molecular formula is C12H13NO2. The first-order valence-corrected chi connectivity index (χ1v) is 5.25. The smallest absolute Gasteiger partial charge is 0.228 e. The fraction of sp³-hybridized carbons (Fsp3) is 0.417. The second kappa shape index (κ2) is 2.61. The van der Waals surface area contributed by atoms with E-state index in [-0.39, 0.29) is 5.91 Å². The van der Waals surface area contributed by atoms with Crippen molar-refractivity contribution in [1.29, 1.82) is 0 Å². The van der Waals surface area contributed by atoms with Crippen molar-refractivity contribution in [3.05, 3.63) is 28.8 Å². The number of anilines is 1. The van der Waals surface area contributed by atoms with Gasteiger partial charge in [0.1, 0.15) is 0 Å². The maximum atomic E-state index is 11.3. The molecule has 3 heteroatoms. The van der Waals surface area contributed by atoms with Crippen molar-refractivity contribution >= 4 is 11.6 Å². The van der Waals surface area contributed by atoms with Crippen LogP contribution in [0, 0.1) is 6.92 Å². The lowest BCUT2D eigenvalue weighted by molar-refractivity contribution is -0.115. The van der Waals surface area contributed by atoms with Crippen LogP contribution in [0.5, 0.6) is 0 Å². The summed E-state index contributed by atoms with van der Waals surface area (Å²) in [7, 11) is 0. The molecule has 1 aliphatic heterocycles. The van der Waals surface area contributed by atoms with Gasteiger partial charge in [-0.15, -0.1) is 0 Å². The highest BCUT2D eigenvalue weighted by atomic mass is 16.3. The predicted molar refractivity (Wildman–Crippen MR) is 56.6 cm³/mol. The lowest BCUT2D eigenvalue weighted by Crippen LogP contribution is -2.10. The second-order valence-corrected chi connectivity index (χ2v) is 4.60. The van der Waals surface area contributed by atoms with Crippen LogP contribution in [0.4, 0.5) is 5.69 Å². The van der Waals surface area contributed by atoms with Crippen molar-refractivity contribution < 1.29 is 9.90 Å². The molecule has 0 saturated heterocycles. The van der Waals surface area contributed by atoms with E-state index in [9.17, 15) is 9.90 Å². The summed E-state index contributed by atoms with van der Waals surface area (Å²) in [6.45, 7) is 2.00. The van der Waals surface area contributed by atoms with E-state index in [0.717, 1.165) is 35.2 Å². The molecule has 2 N–H and O–H groups in total. The van der Waals surface area contributed by atoms with Gasteiger partial charge in [-0.2, -0.15) is 0 Å². The van der Waals surface area contributed by atoms with Gasteiger partial charge in [-0.05, 0) is 25.3 Å². The van der Waals surface area contributed by atoms with E-state index >= 15 is 0 Å². The van der Waals surface area contributed by atoms with Crippen LogP contribution in [0.25, 0.3) is 0 Å². The minimum absolute atomic E-state index is 0.0288. The molecule has 0 aromatic heterocycles. The molecule has 15 heavy (non-hydrogen) atoms. The number of rotatable bonds is 1. The molecule has 2 aliphatic rings. The maximum absolute atomic E-state index is 11.3. The van der Waals surface area contributed by atoms with Crippen LogP contribution in [-0.4, -0.2) is 11.0 Å². The van der Waals surface area contributed by atoms with Crippen molar-refractivity contribution in [3.63, 3.8) is 0 Å². The molecule has 1 amide bonds. The predicted octanol–water partition coefficient (Wildman–Crippen LogP) is 1.47. The van der Waals surface area contributed by atoms with Gasteiger partial charge in [-0.25, -0.2) is 0 Å². The zero-order chi connectivity index (χ0) is 10.6. The van der Waals surface area contributed by atoms with E-state index in [1.165, 1.54) is 0 Å². The third kappa shape index (κ3) is 1.27. The normalized spacial score (nSPS) is 21.1. The van der Waals surface area contributed by atoms with Gasteiger partial charge in [-0.1, -0.05) is 17.7 Å². The highest BCUT2D eigenvalue weighted by Crippen LogP contribution is 2.50. The first kappa shape index (κ1) is 8.92. The number of fused-ring (bicyclic) bond motifs is 1. The fourth-order valence-electron chi connectivity index (χ4n) is 2.26. The molecule has 1 saturated carbocycles. The van der Waals surface area contributed by atoms with Gasteiger partial charge in [0.15, 0.2) is 0 Å². The minimum Gasteiger partial charge on any atom is -0.385 e. The van der Waals surface area contributed by atoms with Crippen LogP contribution in [0.2, 0.25) is 0 Å². The average Bonchev–Trinajstić information content (AvgIpc) is 2.78. The Morgan fingerprint density at radius 2 is 2.13 bits per heavy atom. The molecule has 1 aliphatic carbocycles. The van der Waals surface area contributed by atoms with Crippen molar-refractivity contribution in [2.75, 3.05) is 5.32 Å². The number of hydrogen-bond acceptors (Lipinski definition) is 2. The highest BCUT2D eigenvalue weighted by molar-refractivity contribution is 6.00. The van der Waals surface area contributed by atoms with Crippen LogP contribution in [-0.2, 0) is 16.8 Å². The Hall–Kier alpha value is -1.35. The molecule has 0 radical (unpaired) electrons. The third-order valence-corrected chi connectivity index (χ3v) is 3.20. The topological polar surface area (TPSA) is 49.3 Å². The van der Waals surface area contributed by atoms with Gasteiger partial charge in [0, 0.05) is 5.56 Å². The van der Waals surface area contributed by atoms with Crippen LogP contribution < -0.4 is 5.32 Å². The van der Waals surface area contributed by atoms with Gasteiger partial charge in [0.2, 0.25) is 5.91 Å². The summed E-state index contributed by atoms with van der Waals surface area (Å²) in [6, 6.07) is 4.00. The Balaban J connectivity index is 2.19. The number of carbonyl (C=O) groups excluding carboxylic acids is 1. The Morgan fingerprint density at radius 3 is 2.80 bits per heavy atom. The fourth-order valence-corrected chi connectivity index (χ4v) is 2.26. The number of nitrogens with one attached hydrogen (secondary N) is 1. The molecule has 0 bridgehead atoms. The molecule has 78 valence electrons. The molecule has 1 aromatic rings. The number of aryl methyl sites for hydroxylation is 1. The Labute approximate surface area is 88.1 Å². The van der Waals surface area contributed by atoms with E-state index < -0.39 is 5.60 Å². The molecule has 0 spiro atoms. The zero-order valence-corrected chi connectivity index (χ0v) is 8.63. The van der Waals surface area contributed by atoms with Crippen LogP contribution in [0.3, 0.4) is 0 Å². The molecule has 3 rings (SSSR count). The molecule has 3 nitrogen and oxygen atoms in total. The summed E-state index contributed by atoms with van der Waals surface area (Å²) in [5, 5.41) is 13.0. The molecule has 1 heterocycles. The number of hydrogen-bond donors (Lipinski definition) is 2. The summed E-state index contributed by atoms with van der Waals surface area (Å²) >= 11 is 0. The third-order valence-electron chi connectivity index (χ3n) is 3.20. The summed E-state index contributed by atoms with van der Waals surface area (Å²) in [5.41, 5.74) is 3.22. The largest absolute Gasteiger partial charge is 0.385 e. The van der Waals surface area contributed by atoms with E-state index in [1.807, 2.05) is 19.1 Å². The van der Waals surface area contributed by atoms with Crippen molar-refractivity contribution in [1.82, 2.24) is 0 Å². The van der Waals surface area contributed by atoms with Crippen LogP contribution >= 0.6 is 0 Å². The van der Waals surface area contributed by atoms with Crippen LogP contribution in [0.1, 0.15) is 29.5 Å². The Kier molecular flexibility index (Phi) is 1.55. The second-order valence-electron chi connectivity index (χ2n) is 4.60. The Bertz CT molecular complexity index is 461. The van der Waals surface area contributed by atoms with Gasteiger partial charge in [0.05, 0.1) is 17.7 Å². The maximum Gasteiger partial charge on any atom is 0.228 e. The monoisotopic (exact) mass is 203 g/mol. The highest BCUT2D eigenvalue weighted by Gasteiger charge is 2.45. The summed E-state index contributed by atoms with van der Waals surface area (Å²) < 4.78 is 0. The van der Waals surface area contributed by atoms with Crippen molar-refractivity contribution in [2.45, 2.75) is 31.8 Å². The van der Waals surface area contributed by atoms with E-state index in [0.29, 0.717) is 6.42 Å². The molecule has 0 atom stereocenters. The Morgan fingerprint density at radius 1 is 1.40 bits per heavy atom. The molecule has 0 unspecified atom stereocenters. The summed E-state index contributed by atoms with van der Waals surface area (Å²) in [6.07, 6.45) is 2.05. The first-order valence-electron chi connectivity index (χ1n) is 5.25. The lowest BCUT2D eigenvalue weighted by Gasteiger charge is -2.14. The van der Waals surface area contributed by atoms with Crippen molar-refractivity contribution in [3.8, 4) is 0 Å². The quantitative estimate of drug-likeness (QED) is 0.726. The van der Waals surface area contributed by atoms with E-state index in [4.69, 9.17) is 0 Å². The van der Waals surface area contributed by atoms with Gasteiger partial charge >= 0.3 is 0 Å². The first-order chi connectivity index (χ1) is 7.08. The standard InChI is InChI=1S/C12H13NO2/c1-7-4-8-6-10(14)13-11(8)9(5-7)12(15)2-3-12/h4-5,15H,2-3,6H2,1H3,(H,13,14). The van der Waals surface area contributed by atoms with Crippen molar-refractivity contribution in [2.24, 2.45) is 0 Å². The van der Waals surface area contributed by atoms with Gasteiger partial charge in [-0.3, -0.25) is 4.79 Å². The number of carbonyl (C=O) groups is 1. The molecule has 1 aromatic carbocycles.